The monoisotopic (exact) mass is 325 g/mol. The van der Waals surface area contributed by atoms with Crippen LogP contribution in [0.1, 0.15) is 22.3 Å². The van der Waals surface area contributed by atoms with E-state index in [1.54, 1.807) is 29.2 Å². The average molecular weight is 325 g/mol. The minimum absolute atomic E-state index is 0.123. The van der Waals surface area contributed by atoms with Gasteiger partial charge in [-0.3, -0.25) is 4.79 Å². The van der Waals surface area contributed by atoms with Crippen LogP contribution >= 0.6 is 0 Å². The molecule has 1 aliphatic rings. The maximum atomic E-state index is 12.6. The van der Waals surface area contributed by atoms with E-state index in [1.165, 1.54) is 12.7 Å². The Balaban J connectivity index is 1.73. The van der Waals surface area contributed by atoms with Gasteiger partial charge in [-0.1, -0.05) is 30.3 Å². The maximum absolute atomic E-state index is 12.6. The number of hydrogen-bond acceptors (Lipinski definition) is 4. The van der Waals surface area contributed by atoms with Crippen molar-refractivity contribution in [2.24, 2.45) is 0 Å². The Morgan fingerprint density at radius 1 is 1.08 bits per heavy atom. The van der Waals surface area contributed by atoms with Gasteiger partial charge in [0.05, 0.1) is 7.11 Å². The van der Waals surface area contributed by atoms with Crippen LogP contribution in [0.3, 0.4) is 0 Å². The highest BCUT2D eigenvalue weighted by atomic mass is 16.5. The molecule has 2 aromatic carbocycles. The Hall–Kier alpha value is -2.82. The molecule has 1 aliphatic heterocycles. The van der Waals surface area contributed by atoms with Crippen molar-refractivity contribution in [3.05, 3.63) is 59.7 Å². The number of rotatable bonds is 4. The molecule has 0 aliphatic carbocycles. The van der Waals surface area contributed by atoms with Gasteiger partial charge in [0.2, 0.25) is 0 Å². The lowest BCUT2D eigenvalue weighted by Gasteiger charge is -2.29. The minimum Gasteiger partial charge on any atom is -0.483 e. The molecule has 0 bridgehead atoms. The smallest absolute Gasteiger partial charge is 0.341 e. The number of benzene rings is 2. The van der Waals surface area contributed by atoms with E-state index in [1.807, 2.05) is 24.3 Å². The van der Waals surface area contributed by atoms with Crippen molar-refractivity contribution in [3.63, 3.8) is 0 Å². The predicted molar refractivity (Wildman–Crippen MR) is 90.4 cm³/mol. The molecule has 3 rings (SSSR count). The molecule has 24 heavy (non-hydrogen) atoms. The highest BCUT2D eigenvalue weighted by Gasteiger charge is 2.23. The summed E-state index contributed by atoms with van der Waals surface area (Å²) in [6.45, 7) is 0.556. The second-order valence-corrected chi connectivity index (χ2v) is 5.55. The second-order valence-electron chi connectivity index (χ2n) is 5.55. The molecule has 0 saturated heterocycles. The first-order valence-corrected chi connectivity index (χ1v) is 7.89. The number of hydrogen-bond donors (Lipinski definition) is 0. The number of nitrogens with zero attached hydrogens (tertiary/aromatic N) is 1. The normalized spacial score (nSPS) is 13.1. The summed E-state index contributed by atoms with van der Waals surface area (Å²) in [6, 6.07) is 14.7. The Kier molecular flexibility index (Phi) is 4.79. The van der Waals surface area contributed by atoms with Crippen LogP contribution in [0.5, 0.6) is 5.75 Å². The zero-order chi connectivity index (χ0) is 16.9. The molecule has 124 valence electrons. The van der Waals surface area contributed by atoms with Crippen molar-refractivity contribution in [3.8, 4) is 5.75 Å². The number of anilines is 1. The van der Waals surface area contributed by atoms with Gasteiger partial charge in [-0.15, -0.1) is 0 Å². The molecule has 0 saturated carbocycles. The van der Waals surface area contributed by atoms with E-state index in [-0.39, 0.29) is 12.5 Å². The molecule has 2 aromatic rings. The first-order chi connectivity index (χ1) is 11.7. The Morgan fingerprint density at radius 2 is 1.83 bits per heavy atom. The van der Waals surface area contributed by atoms with Crippen molar-refractivity contribution in [1.82, 2.24) is 0 Å². The zero-order valence-electron chi connectivity index (χ0n) is 13.5. The summed E-state index contributed by atoms with van der Waals surface area (Å²) in [4.78, 5) is 26.1. The molecule has 0 radical (unpaired) electrons. The van der Waals surface area contributed by atoms with Gasteiger partial charge in [-0.2, -0.15) is 0 Å². The summed E-state index contributed by atoms with van der Waals surface area (Å²) in [5.74, 6) is -0.258. The molecule has 0 aromatic heterocycles. The lowest BCUT2D eigenvalue weighted by atomic mass is 10.0. The number of amides is 1. The van der Waals surface area contributed by atoms with Crippen LogP contribution in [0.2, 0.25) is 0 Å². The van der Waals surface area contributed by atoms with Gasteiger partial charge < -0.3 is 14.4 Å². The molecule has 0 fully saturated rings. The molecule has 0 atom stereocenters. The third-order valence-corrected chi connectivity index (χ3v) is 4.05. The number of carbonyl (C=O) groups is 2. The molecule has 1 amide bonds. The third kappa shape index (κ3) is 3.25. The Morgan fingerprint density at radius 3 is 2.67 bits per heavy atom. The van der Waals surface area contributed by atoms with Crippen LogP contribution in [-0.4, -0.2) is 32.1 Å². The van der Waals surface area contributed by atoms with Crippen LogP contribution < -0.4 is 9.64 Å². The summed E-state index contributed by atoms with van der Waals surface area (Å²) in [6.07, 6.45) is 1.91. The molecule has 1 heterocycles. The predicted octanol–water partition coefficient (Wildman–Crippen LogP) is 2.83. The summed E-state index contributed by atoms with van der Waals surface area (Å²) < 4.78 is 10.3. The highest BCUT2D eigenvalue weighted by Crippen LogP contribution is 2.27. The second kappa shape index (κ2) is 7.17. The van der Waals surface area contributed by atoms with E-state index in [4.69, 9.17) is 9.47 Å². The summed E-state index contributed by atoms with van der Waals surface area (Å²) in [5, 5.41) is 0. The molecule has 0 N–H and O–H groups in total. The van der Waals surface area contributed by atoms with E-state index in [2.05, 4.69) is 0 Å². The van der Waals surface area contributed by atoms with Gasteiger partial charge in [-0.25, -0.2) is 4.79 Å². The Bertz CT molecular complexity index is 757. The average Bonchev–Trinajstić information content (AvgIpc) is 2.65. The van der Waals surface area contributed by atoms with Crippen molar-refractivity contribution in [2.75, 3.05) is 25.2 Å². The lowest BCUT2D eigenvalue weighted by molar-refractivity contribution is -0.120. The van der Waals surface area contributed by atoms with E-state index in [0.717, 1.165) is 18.5 Å². The standard InChI is InChI=1S/C19H19NO4/c1-23-19(22)15-9-3-5-11-17(15)24-13-18(21)20-12-6-8-14-7-2-4-10-16(14)20/h2-5,7,9-11H,6,8,12-13H2,1H3. The van der Waals surface area contributed by atoms with E-state index in [9.17, 15) is 9.59 Å². The van der Waals surface area contributed by atoms with Crippen molar-refractivity contribution in [1.29, 1.82) is 0 Å². The van der Waals surface area contributed by atoms with E-state index < -0.39 is 5.97 Å². The van der Waals surface area contributed by atoms with E-state index >= 15 is 0 Å². The Labute approximate surface area is 140 Å². The molecule has 5 heteroatoms. The third-order valence-electron chi connectivity index (χ3n) is 4.05. The number of ether oxygens (including phenoxy) is 2. The quantitative estimate of drug-likeness (QED) is 0.811. The number of fused-ring (bicyclic) bond motifs is 1. The molecular weight excluding hydrogens is 306 g/mol. The van der Waals surface area contributed by atoms with Gasteiger partial charge in [0, 0.05) is 12.2 Å². The van der Waals surface area contributed by atoms with Crippen molar-refractivity contribution >= 4 is 17.6 Å². The summed E-state index contributed by atoms with van der Waals surface area (Å²) in [7, 11) is 1.31. The van der Waals surface area contributed by atoms with Crippen LogP contribution in [0.4, 0.5) is 5.69 Å². The first-order valence-electron chi connectivity index (χ1n) is 7.89. The highest BCUT2D eigenvalue weighted by molar-refractivity contribution is 5.96. The lowest BCUT2D eigenvalue weighted by Crippen LogP contribution is -2.38. The van der Waals surface area contributed by atoms with Crippen molar-refractivity contribution < 1.29 is 19.1 Å². The maximum Gasteiger partial charge on any atom is 0.341 e. The van der Waals surface area contributed by atoms with E-state index in [0.29, 0.717) is 17.9 Å². The van der Waals surface area contributed by atoms with Gasteiger partial charge in [0.1, 0.15) is 11.3 Å². The van der Waals surface area contributed by atoms with Crippen molar-refractivity contribution in [2.45, 2.75) is 12.8 Å². The van der Waals surface area contributed by atoms with Crippen LogP contribution in [0, 0.1) is 0 Å². The fourth-order valence-electron chi connectivity index (χ4n) is 2.88. The molecule has 0 spiro atoms. The van der Waals surface area contributed by atoms with Gasteiger partial charge in [-0.05, 0) is 36.6 Å². The number of aryl methyl sites for hydroxylation is 1. The SMILES string of the molecule is COC(=O)c1ccccc1OCC(=O)N1CCCc2ccccc21. The topological polar surface area (TPSA) is 55.8 Å². The minimum atomic E-state index is -0.485. The number of para-hydroxylation sites is 2. The van der Waals surface area contributed by atoms with Gasteiger partial charge in [0.25, 0.3) is 5.91 Å². The molecule has 0 unspecified atom stereocenters. The number of methoxy groups -OCH3 is 1. The molecular formula is C19H19NO4. The zero-order valence-corrected chi connectivity index (χ0v) is 13.5. The fraction of sp³-hybridized carbons (Fsp3) is 0.263. The van der Waals surface area contributed by atoms with Gasteiger partial charge >= 0.3 is 5.97 Å². The largest absolute Gasteiger partial charge is 0.483 e. The first kappa shape index (κ1) is 16.1. The fourth-order valence-corrected chi connectivity index (χ4v) is 2.88. The number of esters is 1. The van der Waals surface area contributed by atoms with Crippen LogP contribution in [0.25, 0.3) is 0 Å². The summed E-state index contributed by atoms with van der Waals surface area (Å²) in [5.41, 5.74) is 2.43. The number of carbonyl (C=O) groups excluding carboxylic acids is 2. The molecule has 5 nitrogen and oxygen atoms in total. The van der Waals surface area contributed by atoms with Crippen LogP contribution in [0.15, 0.2) is 48.5 Å². The summed E-state index contributed by atoms with van der Waals surface area (Å²) >= 11 is 0. The van der Waals surface area contributed by atoms with Crippen LogP contribution in [-0.2, 0) is 16.0 Å². The van der Waals surface area contributed by atoms with Gasteiger partial charge in [0.15, 0.2) is 6.61 Å².